The van der Waals surface area contributed by atoms with Crippen LogP contribution in [-0.2, 0) is 43.9 Å². The molecule has 0 fully saturated rings. The van der Waals surface area contributed by atoms with Crippen LogP contribution in [-0.4, -0.2) is 49.4 Å². The zero-order valence-corrected chi connectivity index (χ0v) is 19.0. The van der Waals surface area contributed by atoms with Crippen molar-refractivity contribution in [2.24, 2.45) is 0 Å². The third-order valence-corrected chi connectivity index (χ3v) is 4.46. The minimum atomic E-state index is -0.627. The van der Waals surface area contributed by atoms with Crippen LogP contribution in [0.4, 0.5) is 4.39 Å². The fourth-order valence-electron chi connectivity index (χ4n) is 3.00. The van der Waals surface area contributed by atoms with E-state index in [0.29, 0.717) is 13.2 Å². The number of aliphatic hydroxyl groups is 2. The van der Waals surface area contributed by atoms with Crippen LogP contribution in [0.3, 0.4) is 0 Å². The molecule has 26 heavy (non-hydrogen) atoms. The maximum atomic E-state index is 12.9. The van der Waals surface area contributed by atoms with Crippen molar-refractivity contribution in [3.8, 4) is 0 Å². The largest absolute Gasteiger partial charge is 0.654 e. The number of rotatable bonds is 8. The number of nitrogens with zero attached hydrogens (tertiary/aromatic N) is 1. The van der Waals surface area contributed by atoms with E-state index in [1.165, 1.54) is 6.07 Å². The van der Waals surface area contributed by atoms with Gasteiger partial charge in [-0.05, 0) is 37.0 Å². The maximum Gasteiger partial charge on any atom is 0.123 e. The Morgan fingerprint density at radius 3 is 2.69 bits per heavy atom. The molecule has 1 aliphatic rings. The number of methoxy groups -OCH3 is 1. The molecule has 0 aliphatic carbocycles. The summed E-state index contributed by atoms with van der Waals surface area (Å²) in [5.41, 5.74) is 1.55. The van der Waals surface area contributed by atoms with Gasteiger partial charge in [0.15, 0.2) is 0 Å². The van der Waals surface area contributed by atoms with Gasteiger partial charge in [-0.25, -0.2) is 4.39 Å². The summed E-state index contributed by atoms with van der Waals surface area (Å²) in [7, 11) is 1.66. The van der Waals surface area contributed by atoms with E-state index >= 15 is 0 Å². The van der Waals surface area contributed by atoms with Crippen molar-refractivity contribution in [2.75, 3.05) is 33.5 Å². The Labute approximate surface area is 182 Å². The summed E-state index contributed by atoms with van der Waals surface area (Å²) in [5.74, 6) is -0.165. The molecule has 1 aromatic rings. The van der Waals surface area contributed by atoms with Crippen LogP contribution in [0.15, 0.2) is 18.2 Å². The van der Waals surface area contributed by atoms with E-state index in [-0.39, 0.29) is 51.3 Å². The Morgan fingerprint density at radius 1 is 1.38 bits per heavy atom. The fourth-order valence-corrected chi connectivity index (χ4v) is 3.00. The van der Waals surface area contributed by atoms with Gasteiger partial charge in [-0.2, -0.15) is 0 Å². The Balaban J connectivity index is 0.000000479. The van der Waals surface area contributed by atoms with Crippen LogP contribution in [0.2, 0.25) is 0 Å². The molecular weight excluding hydrogens is 412 g/mol. The summed E-state index contributed by atoms with van der Waals surface area (Å²) in [6, 6.07) is 5.00. The molecule has 5 nitrogen and oxygen atoms in total. The maximum absolute atomic E-state index is 12.9. The quantitative estimate of drug-likeness (QED) is 0.539. The van der Waals surface area contributed by atoms with E-state index in [2.05, 4.69) is 10.6 Å². The van der Waals surface area contributed by atoms with Gasteiger partial charge in [-0.15, -0.1) is 6.54 Å². The zero-order valence-electron chi connectivity index (χ0n) is 16.2. The number of hydrogen-bond donors (Lipinski definition) is 3. The second-order valence-electron chi connectivity index (χ2n) is 6.38. The number of fused-ring (bicyclic) bond motifs is 1. The molecule has 7 heteroatoms. The van der Waals surface area contributed by atoms with Gasteiger partial charge in [0.05, 0.1) is 12.3 Å². The molecule has 0 saturated carbocycles. The normalized spacial score (nSPS) is 18.0. The van der Waals surface area contributed by atoms with Crippen LogP contribution < -0.4 is 5.32 Å². The first-order valence-corrected chi connectivity index (χ1v) is 8.97. The molecule has 0 amide bonds. The molecular formula is C19H32FN2O3Y-. The second kappa shape index (κ2) is 14.1. The van der Waals surface area contributed by atoms with Gasteiger partial charge in [0, 0.05) is 53.0 Å². The number of benzene rings is 1. The fraction of sp³-hybridized carbons (Fsp3) is 0.684. The summed E-state index contributed by atoms with van der Waals surface area (Å²) in [4.78, 5) is 0. The minimum Gasteiger partial charge on any atom is -0.654 e. The molecule has 0 spiro atoms. The predicted molar refractivity (Wildman–Crippen MR) is 98.2 cm³/mol. The van der Waals surface area contributed by atoms with Crippen molar-refractivity contribution in [2.45, 2.75) is 51.2 Å². The number of aliphatic hydroxyl groups excluding tert-OH is 1. The summed E-state index contributed by atoms with van der Waals surface area (Å²) < 4.78 is 18.0. The first-order valence-electron chi connectivity index (χ1n) is 8.97. The van der Waals surface area contributed by atoms with Gasteiger partial charge in [0.1, 0.15) is 5.82 Å². The van der Waals surface area contributed by atoms with Crippen molar-refractivity contribution in [1.29, 1.82) is 0 Å². The molecule has 1 aromatic carbocycles. The van der Waals surface area contributed by atoms with Crippen LogP contribution in [0.1, 0.15) is 50.3 Å². The third-order valence-electron chi connectivity index (χ3n) is 4.46. The molecule has 3 N–H and O–H groups in total. The molecule has 1 heterocycles. The second-order valence-corrected chi connectivity index (χ2v) is 6.38. The van der Waals surface area contributed by atoms with Gasteiger partial charge in [-0.3, -0.25) is 5.32 Å². The van der Waals surface area contributed by atoms with Crippen LogP contribution >= 0.6 is 0 Å². The number of ether oxygens (including phenoxy) is 1. The van der Waals surface area contributed by atoms with Gasteiger partial charge in [0.25, 0.3) is 0 Å². The van der Waals surface area contributed by atoms with Gasteiger partial charge >= 0.3 is 0 Å². The molecule has 1 aliphatic heterocycles. The van der Waals surface area contributed by atoms with Crippen molar-refractivity contribution >= 4 is 0 Å². The summed E-state index contributed by atoms with van der Waals surface area (Å²) in [5, 5.41) is 25.4. The van der Waals surface area contributed by atoms with Crippen LogP contribution in [0.5, 0.6) is 0 Å². The summed E-state index contributed by atoms with van der Waals surface area (Å²) in [6.45, 7) is 5.76. The predicted octanol–water partition coefficient (Wildman–Crippen LogP) is 2.91. The van der Waals surface area contributed by atoms with E-state index in [9.17, 15) is 9.50 Å². The van der Waals surface area contributed by atoms with Crippen molar-refractivity contribution in [3.63, 3.8) is 0 Å². The van der Waals surface area contributed by atoms with E-state index in [1.807, 2.05) is 19.9 Å². The average Bonchev–Trinajstić information content (AvgIpc) is 2.61. The molecule has 147 valence electrons. The van der Waals surface area contributed by atoms with E-state index < -0.39 is 5.60 Å². The van der Waals surface area contributed by atoms with Gasteiger partial charge in [0.2, 0.25) is 0 Å². The Morgan fingerprint density at radius 2 is 2.12 bits per heavy atom. The molecule has 0 aromatic heterocycles. The number of halogens is 1. The molecule has 0 saturated heterocycles. The number of hydrogen-bond acceptors (Lipinski definition) is 4. The Hall–Kier alpha value is 0.0539. The van der Waals surface area contributed by atoms with E-state index in [0.717, 1.165) is 43.4 Å². The summed E-state index contributed by atoms with van der Waals surface area (Å²) >= 11 is 0. The Bertz CT molecular complexity index is 508. The standard InChI is InChI=1S/C11H13FNO.C8H19NO2.Y/c1-14-7-11-10-3-2-9(12)6-8(10)4-5-13-11;1-3-5-8(11,4-2)6-9-7-10;/h2-3,6,11H,4-5,7H2,1H3;9-11H,3-7H2,1-2H3;/q-1;;. The molecule has 1 radical (unpaired) electrons. The van der Waals surface area contributed by atoms with Crippen molar-refractivity contribution < 1.29 is 52.0 Å². The molecule has 2 unspecified atom stereocenters. The number of nitrogens with one attached hydrogen (secondary N) is 1. The van der Waals surface area contributed by atoms with Gasteiger partial charge in [-0.1, -0.05) is 37.9 Å². The molecule has 0 bridgehead atoms. The first kappa shape index (κ1) is 26.1. The zero-order chi connectivity index (χ0) is 18.7. The van der Waals surface area contributed by atoms with Crippen LogP contribution in [0.25, 0.3) is 5.32 Å². The van der Waals surface area contributed by atoms with E-state index in [1.54, 1.807) is 13.2 Å². The SMILES string of the molecule is CCCC(O)(CC)CNCO.COCC1[N-]CCc2cc(F)ccc21.[Y]. The smallest absolute Gasteiger partial charge is 0.123 e. The molecule has 2 rings (SSSR count). The topological polar surface area (TPSA) is 75.8 Å². The third kappa shape index (κ3) is 8.83. The summed E-state index contributed by atoms with van der Waals surface area (Å²) in [6.07, 6.45) is 3.33. The minimum absolute atomic E-state index is 0. The van der Waals surface area contributed by atoms with Gasteiger partial charge < -0.3 is 20.3 Å². The Kier molecular flexibility index (Phi) is 14.1. The average molecular weight is 444 g/mol. The van der Waals surface area contributed by atoms with E-state index in [4.69, 9.17) is 9.84 Å². The van der Waals surface area contributed by atoms with Crippen molar-refractivity contribution in [3.05, 3.63) is 40.5 Å². The van der Waals surface area contributed by atoms with Crippen molar-refractivity contribution in [1.82, 2.24) is 5.32 Å². The first-order chi connectivity index (χ1) is 12.0. The monoisotopic (exact) mass is 444 g/mol. The van der Waals surface area contributed by atoms with Crippen LogP contribution in [0, 0.1) is 5.82 Å². The molecule has 2 atom stereocenters.